The molecule has 0 aliphatic rings. The fourth-order valence-electron chi connectivity index (χ4n) is 1.44. The summed E-state index contributed by atoms with van der Waals surface area (Å²) in [5.74, 6) is 0. The third-order valence-corrected chi connectivity index (χ3v) is 3.85. The fourth-order valence-corrected chi connectivity index (χ4v) is 2.59. The van der Waals surface area contributed by atoms with E-state index < -0.39 is 11.8 Å². The number of halogens is 2. The second kappa shape index (κ2) is 6.63. The number of nitrogens with zero attached hydrogens (tertiary/aromatic N) is 4. The van der Waals surface area contributed by atoms with E-state index in [0.29, 0.717) is 5.13 Å². The molecule has 2 aromatic rings. The Morgan fingerprint density at radius 1 is 1.62 bits per heavy atom. The first-order valence-electron chi connectivity index (χ1n) is 5.52. The number of carboxylic acid groups (broad SMARTS) is 1. The molecule has 0 aliphatic carbocycles. The van der Waals surface area contributed by atoms with Crippen molar-refractivity contribution in [1.82, 2.24) is 24.6 Å². The topological polar surface area (TPSA) is 102 Å². The molecule has 2 aromatic heterocycles. The lowest BCUT2D eigenvalue weighted by Crippen LogP contribution is -2.29. The van der Waals surface area contributed by atoms with Crippen molar-refractivity contribution in [2.45, 2.75) is 6.54 Å². The zero-order valence-corrected chi connectivity index (χ0v) is 12.8. The van der Waals surface area contributed by atoms with Gasteiger partial charge in [-0.05, 0) is 21.5 Å². The van der Waals surface area contributed by atoms with Crippen LogP contribution in [0.4, 0.5) is 9.18 Å². The van der Waals surface area contributed by atoms with E-state index in [9.17, 15) is 14.0 Å². The van der Waals surface area contributed by atoms with Crippen molar-refractivity contribution >= 4 is 33.4 Å². The van der Waals surface area contributed by atoms with Gasteiger partial charge >= 0.3 is 11.8 Å². The summed E-state index contributed by atoms with van der Waals surface area (Å²) >= 11 is 4.48. The molecule has 0 aromatic carbocycles. The Bertz CT molecular complexity index is 737. The Morgan fingerprint density at radius 2 is 2.38 bits per heavy atom. The standard InChI is InChI=1S/C10H9BrFN5O3S/c11-7-3-13-8(21-7)16-5-15-17(10(16)20)4-6(1-12)2-14-9(18)19/h1,3,5,14H,2,4H2,(H,18,19)/b6-1-. The van der Waals surface area contributed by atoms with E-state index in [4.69, 9.17) is 5.11 Å². The van der Waals surface area contributed by atoms with Gasteiger partial charge < -0.3 is 10.4 Å². The van der Waals surface area contributed by atoms with E-state index in [1.165, 1.54) is 22.2 Å². The van der Waals surface area contributed by atoms with Crippen LogP contribution in [-0.4, -0.2) is 37.1 Å². The van der Waals surface area contributed by atoms with Gasteiger partial charge in [0, 0.05) is 6.54 Å². The van der Waals surface area contributed by atoms with Crippen LogP contribution in [0, 0.1) is 0 Å². The predicted molar refractivity (Wildman–Crippen MR) is 76.4 cm³/mol. The van der Waals surface area contributed by atoms with E-state index in [0.717, 1.165) is 8.47 Å². The molecule has 0 spiro atoms. The minimum atomic E-state index is -1.28. The van der Waals surface area contributed by atoms with Gasteiger partial charge in [0.2, 0.25) is 0 Å². The zero-order valence-electron chi connectivity index (χ0n) is 10.4. The predicted octanol–water partition coefficient (Wildman–Crippen LogP) is 1.37. The Kier molecular flexibility index (Phi) is 4.85. The van der Waals surface area contributed by atoms with Crippen LogP contribution in [0.3, 0.4) is 0 Å². The van der Waals surface area contributed by atoms with Crippen molar-refractivity contribution in [1.29, 1.82) is 0 Å². The van der Waals surface area contributed by atoms with Crippen molar-refractivity contribution in [2.75, 3.05) is 6.54 Å². The van der Waals surface area contributed by atoms with Crippen LogP contribution in [0.1, 0.15) is 0 Å². The summed E-state index contributed by atoms with van der Waals surface area (Å²) in [6.07, 6.45) is 1.79. The third-order valence-electron chi connectivity index (χ3n) is 2.38. The molecule has 2 heterocycles. The van der Waals surface area contributed by atoms with Gasteiger partial charge in [-0.25, -0.2) is 28.2 Å². The molecule has 1 amide bonds. The van der Waals surface area contributed by atoms with Gasteiger partial charge in [-0.15, -0.1) is 0 Å². The number of hydrogen-bond acceptors (Lipinski definition) is 5. The highest BCUT2D eigenvalue weighted by molar-refractivity contribution is 9.11. The van der Waals surface area contributed by atoms with Gasteiger partial charge in [0.15, 0.2) is 5.13 Å². The number of rotatable bonds is 5. The third kappa shape index (κ3) is 3.76. The van der Waals surface area contributed by atoms with Gasteiger partial charge in [0.25, 0.3) is 0 Å². The maximum Gasteiger partial charge on any atom is 0.404 e. The first-order valence-corrected chi connectivity index (χ1v) is 7.13. The molecular formula is C10H9BrFN5O3S. The lowest BCUT2D eigenvalue weighted by atomic mass is 10.3. The molecule has 0 saturated carbocycles. The van der Waals surface area contributed by atoms with E-state index in [2.05, 4.69) is 26.0 Å². The van der Waals surface area contributed by atoms with E-state index in [1.54, 1.807) is 6.20 Å². The molecule has 0 unspecified atom stereocenters. The molecule has 21 heavy (non-hydrogen) atoms. The van der Waals surface area contributed by atoms with Crippen LogP contribution in [0.5, 0.6) is 0 Å². The van der Waals surface area contributed by atoms with Gasteiger partial charge in [-0.2, -0.15) is 5.10 Å². The molecule has 0 bridgehead atoms. The van der Waals surface area contributed by atoms with Crippen molar-refractivity contribution < 1.29 is 14.3 Å². The smallest absolute Gasteiger partial charge is 0.404 e. The molecule has 0 fully saturated rings. The summed E-state index contributed by atoms with van der Waals surface area (Å²) in [6, 6.07) is 0. The monoisotopic (exact) mass is 377 g/mol. The first kappa shape index (κ1) is 15.4. The van der Waals surface area contributed by atoms with Gasteiger partial charge in [-0.1, -0.05) is 11.3 Å². The minimum Gasteiger partial charge on any atom is -0.465 e. The summed E-state index contributed by atoms with van der Waals surface area (Å²) in [7, 11) is 0. The molecule has 0 aliphatic heterocycles. The summed E-state index contributed by atoms with van der Waals surface area (Å²) in [5, 5.41) is 14.8. The summed E-state index contributed by atoms with van der Waals surface area (Å²) < 4.78 is 15.7. The number of nitrogens with one attached hydrogen (secondary N) is 1. The van der Waals surface area contributed by atoms with Gasteiger partial charge in [0.05, 0.1) is 22.9 Å². The number of aromatic nitrogens is 4. The average molecular weight is 378 g/mol. The molecule has 0 saturated heterocycles. The molecule has 8 nitrogen and oxygen atoms in total. The Morgan fingerprint density at radius 3 is 2.95 bits per heavy atom. The summed E-state index contributed by atoms with van der Waals surface area (Å²) in [5.41, 5.74) is -0.420. The maximum absolute atomic E-state index is 12.7. The fraction of sp³-hybridized carbons (Fsp3) is 0.200. The normalized spacial score (nSPS) is 11.6. The Labute approximate surface area is 129 Å². The van der Waals surface area contributed by atoms with Crippen LogP contribution < -0.4 is 11.0 Å². The molecule has 0 radical (unpaired) electrons. The van der Waals surface area contributed by atoms with Crippen molar-refractivity contribution in [2.24, 2.45) is 0 Å². The average Bonchev–Trinajstić information content (AvgIpc) is 3.01. The number of thiazole rings is 1. The number of amides is 1. The van der Waals surface area contributed by atoms with Crippen LogP contribution in [0.15, 0.2) is 33.0 Å². The highest BCUT2D eigenvalue weighted by Crippen LogP contribution is 2.20. The van der Waals surface area contributed by atoms with E-state index in [1.807, 2.05) is 5.32 Å². The number of hydrogen-bond donors (Lipinski definition) is 2. The Hall–Kier alpha value is -2.01. The van der Waals surface area contributed by atoms with E-state index in [-0.39, 0.29) is 25.0 Å². The second-order valence-corrected chi connectivity index (χ2v) is 6.20. The molecule has 11 heteroatoms. The molecule has 2 N–H and O–H groups in total. The molecular weight excluding hydrogens is 369 g/mol. The molecule has 2 rings (SSSR count). The highest BCUT2D eigenvalue weighted by Gasteiger charge is 2.12. The highest BCUT2D eigenvalue weighted by atomic mass is 79.9. The second-order valence-electron chi connectivity index (χ2n) is 3.81. The largest absolute Gasteiger partial charge is 0.465 e. The zero-order chi connectivity index (χ0) is 15.4. The lowest BCUT2D eigenvalue weighted by Gasteiger charge is -2.04. The summed E-state index contributed by atoms with van der Waals surface area (Å²) in [6.45, 7) is -0.386. The van der Waals surface area contributed by atoms with Gasteiger partial charge in [-0.3, -0.25) is 0 Å². The van der Waals surface area contributed by atoms with Crippen LogP contribution in [0.25, 0.3) is 5.13 Å². The minimum absolute atomic E-state index is 0.0741. The first-order chi connectivity index (χ1) is 10.0. The Balaban J connectivity index is 2.17. The summed E-state index contributed by atoms with van der Waals surface area (Å²) in [4.78, 5) is 26.5. The van der Waals surface area contributed by atoms with E-state index >= 15 is 0 Å². The number of carbonyl (C=O) groups is 1. The van der Waals surface area contributed by atoms with Crippen molar-refractivity contribution in [3.8, 4) is 5.13 Å². The molecule has 0 atom stereocenters. The quantitative estimate of drug-likeness (QED) is 0.819. The molecule has 112 valence electrons. The van der Waals surface area contributed by atoms with Crippen LogP contribution >= 0.6 is 27.3 Å². The van der Waals surface area contributed by atoms with Crippen LogP contribution in [0.2, 0.25) is 0 Å². The lowest BCUT2D eigenvalue weighted by molar-refractivity contribution is 0.195. The van der Waals surface area contributed by atoms with Crippen molar-refractivity contribution in [3.63, 3.8) is 0 Å². The van der Waals surface area contributed by atoms with Gasteiger partial charge in [0.1, 0.15) is 6.33 Å². The van der Waals surface area contributed by atoms with Crippen molar-refractivity contribution in [3.05, 3.63) is 38.7 Å². The SMILES string of the molecule is O=C(O)NC/C(=C/F)Cn1ncn(-c2ncc(Br)s2)c1=O. The van der Waals surface area contributed by atoms with Crippen LogP contribution in [-0.2, 0) is 6.54 Å². The maximum atomic E-state index is 12.7.